The maximum absolute atomic E-state index is 12.9. The molecule has 0 saturated heterocycles. The van der Waals surface area contributed by atoms with Gasteiger partial charge < -0.3 is 9.47 Å². The number of hydrogen-bond acceptors (Lipinski definition) is 7. The Labute approximate surface area is 159 Å². The number of fused-ring (bicyclic) bond motifs is 1. The molecule has 0 bridgehead atoms. The Morgan fingerprint density at radius 2 is 2.04 bits per heavy atom. The predicted molar refractivity (Wildman–Crippen MR) is 99.0 cm³/mol. The topological polar surface area (TPSA) is 113 Å². The summed E-state index contributed by atoms with van der Waals surface area (Å²) in [6.45, 7) is 3.70. The van der Waals surface area contributed by atoms with E-state index in [4.69, 9.17) is 9.47 Å². The van der Waals surface area contributed by atoms with E-state index < -0.39 is 16.7 Å². The molecule has 144 valence electrons. The van der Waals surface area contributed by atoms with Crippen LogP contribution in [0.4, 0.5) is 5.69 Å². The highest BCUT2D eigenvalue weighted by Gasteiger charge is 2.23. The third-order valence-corrected chi connectivity index (χ3v) is 4.24. The lowest BCUT2D eigenvalue weighted by molar-refractivity contribution is -0.385. The molecule has 0 atom stereocenters. The molecule has 2 aromatic heterocycles. The summed E-state index contributed by atoms with van der Waals surface area (Å²) < 4.78 is 11.6. The summed E-state index contributed by atoms with van der Waals surface area (Å²) in [5.74, 6) is -0.926. The van der Waals surface area contributed by atoms with Gasteiger partial charge in [0.15, 0.2) is 11.6 Å². The molecule has 0 radical (unpaired) electrons. The number of hydrogen-bond donors (Lipinski definition) is 0. The number of benzene rings is 1. The van der Waals surface area contributed by atoms with Gasteiger partial charge in [0.25, 0.3) is 0 Å². The van der Waals surface area contributed by atoms with Crippen LogP contribution in [0.5, 0.6) is 5.75 Å². The van der Waals surface area contributed by atoms with Crippen molar-refractivity contribution < 1.29 is 24.0 Å². The standard InChI is InChI=1S/C19H17N3O6/c1-4-28-19(24)16-11(2)7-8-21-14(16)10-20-18(21)17(23)12-5-6-13(22(25)26)15(9-12)27-3/h5-10H,4H2,1-3H3. The summed E-state index contributed by atoms with van der Waals surface area (Å²) >= 11 is 0. The highest BCUT2D eigenvalue weighted by molar-refractivity contribution is 6.08. The molecule has 0 spiro atoms. The van der Waals surface area contributed by atoms with Gasteiger partial charge in [-0.15, -0.1) is 0 Å². The molecule has 3 rings (SSSR count). The Kier molecular flexibility index (Phi) is 5.08. The fraction of sp³-hybridized carbons (Fsp3) is 0.211. The zero-order valence-electron chi connectivity index (χ0n) is 15.5. The van der Waals surface area contributed by atoms with E-state index in [1.807, 2.05) is 0 Å². The number of aryl methyl sites for hydroxylation is 1. The lowest BCUT2D eigenvalue weighted by Crippen LogP contribution is -2.11. The number of ether oxygens (including phenoxy) is 2. The normalized spacial score (nSPS) is 10.7. The molecule has 0 N–H and O–H groups in total. The third kappa shape index (κ3) is 3.18. The smallest absolute Gasteiger partial charge is 0.340 e. The summed E-state index contributed by atoms with van der Waals surface area (Å²) in [4.78, 5) is 39.8. The molecule has 0 aliphatic rings. The maximum Gasteiger partial charge on any atom is 0.340 e. The number of carbonyl (C=O) groups is 2. The average molecular weight is 383 g/mol. The number of methoxy groups -OCH3 is 1. The average Bonchev–Trinajstić information content (AvgIpc) is 3.10. The Bertz CT molecular complexity index is 1100. The second-order valence-corrected chi connectivity index (χ2v) is 5.90. The Morgan fingerprint density at radius 3 is 2.68 bits per heavy atom. The van der Waals surface area contributed by atoms with Gasteiger partial charge in [-0.2, -0.15) is 0 Å². The summed E-state index contributed by atoms with van der Waals surface area (Å²) in [5.41, 5.74) is 1.40. The van der Waals surface area contributed by atoms with E-state index in [0.29, 0.717) is 16.6 Å². The van der Waals surface area contributed by atoms with Gasteiger partial charge in [-0.05, 0) is 37.6 Å². The van der Waals surface area contributed by atoms with Crippen LogP contribution in [-0.4, -0.2) is 39.8 Å². The van der Waals surface area contributed by atoms with E-state index in [0.717, 1.165) is 0 Å². The van der Waals surface area contributed by atoms with E-state index in [2.05, 4.69) is 4.98 Å². The van der Waals surface area contributed by atoms with Gasteiger partial charge >= 0.3 is 11.7 Å². The van der Waals surface area contributed by atoms with Crippen molar-refractivity contribution in [3.8, 4) is 5.75 Å². The third-order valence-electron chi connectivity index (χ3n) is 4.24. The van der Waals surface area contributed by atoms with E-state index in [1.165, 1.54) is 35.9 Å². The summed E-state index contributed by atoms with van der Waals surface area (Å²) in [7, 11) is 1.29. The van der Waals surface area contributed by atoms with Gasteiger partial charge in [0, 0.05) is 17.8 Å². The molecular weight excluding hydrogens is 366 g/mol. The number of carbonyl (C=O) groups excluding carboxylic acids is 2. The van der Waals surface area contributed by atoms with Crippen LogP contribution in [0.15, 0.2) is 36.7 Å². The molecule has 0 amide bonds. The molecule has 0 aliphatic carbocycles. The minimum atomic E-state index is -0.591. The number of imidazole rings is 1. The zero-order chi connectivity index (χ0) is 20.4. The fourth-order valence-corrected chi connectivity index (χ4v) is 2.90. The SMILES string of the molecule is CCOC(=O)c1c(C)ccn2c(C(=O)c3ccc([N+](=O)[O-])c(OC)c3)ncc12. The fourth-order valence-electron chi connectivity index (χ4n) is 2.90. The Morgan fingerprint density at radius 1 is 1.29 bits per heavy atom. The van der Waals surface area contributed by atoms with Crippen LogP contribution in [0.2, 0.25) is 0 Å². The number of nitrogens with zero attached hydrogens (tertiary/aromatic N) is 3. The van der Waals surface area contributed by atoms with Gasteiger partial charge in [-0.3, -0.25) is 19.3 Å². The zero-order valence-corrected chi connectivity index (χ0v) is 15.5. The molecule has 0 aliphatic heterocycles. The molecule has 3 aromatic rings. The summed E-state index contributed by atoms with van der Waals surface area (Å²) in [6, 6.07) is 5.52. The van der Waals surface area contributed by atoms with Crippen molar-refractivity contribution in [1.29, 1.82) is 0 Å². The van der Waals surface area contributed by atoms with Crippen LogP contribution in [0.25, 0.3) is 5.52 Å². The molecule has 28 heavy (non-hydrogen) atoms. The Hall–Kier alpha value is -3.75. The van der Waals surface area contributed by atoms with Crippen LogP contribution >= 0.6 is 0 Å². The summed E-state index contributed by atoms with van der Waals surface area (Å²) in [6.07, 6.45) is 3.06. The van der Waals surface area contributed by atoms with Crippen molar-refractivity contribution in [3.63, 3.8) is 0 Å². The lowest BCUT2D eigenvalue weighted by atomic mass is 10.1. The first-order valence-corrected chi connectivity index (χ1v) is 8.40. The quantitative estimate of drug-likeness (QED) is 0.278. The molecule has 9 nitrogen and oxygen atoms in total. The van der Waals surface area contributed by atoms with Crippen molar-refractivity contribution in [3.05, 3.63) is 69.3 Å². The van der Waals surface area contributed by atoms with Crippen molar-refractivity contribution in [2.75, 3.05) is 13.7 Å². The number of ketones is 1. The van der Waals surface area contributed by atoms with Gasteiger partial charge in [0.05, 0.1) is 35.9 Å². The van der Waals surface area contributed by atoms with Crippen LogP contribution in [0.1, 0.15) is 39.0 Å². The second-order valence-electron chi connectivity index (χ2n) is 5.90. The molecule has 1 aromatic carbocycles. The van der Waals surface area contributed by atoms with Gasteiger partial charge in [-0.25, -0.2) is 9.78 Å². The van der Waals surface area contributed by atoms with Crippen LogP contribution < -0.4 is 4.74 Å². The minimum absolute atomic E-state index is 0.0280. The van der Waals surface area contributed by atoms with Gasteiger partial charge in [-0.1, -0.05) is 0 Å². The largest absolute Gasteiger partial charge is 0.490 e. The van der Waals surface area contributed by atoms with Crippen LogP contribution in [-0.2, 0) is 4.74 Å². The molecule has 0 fully saturated rings. The van der Waals surface area contributed by atoms with Gasteiger partial charge in [0.1, 0.15) is 0 Å². The molecule has 2 heterocycles. The monoisotopic (exact) mass is 383 g/mol. The van der Waals surface area contributed by atoms with Crippen molar-refractivity contribution in [2.24, 2.45) is 0 Å². The van der Waals surface area contributed by atoms with Crippen molar-refractivity contribution in [1.82, 2.24) is 9.38 Å². The van der Waals surface area contributed by atoms with Gasteiger partial charge in [0.2, 0.25) is 5.78 Å². The molecule has 9 heteroatoms. The highest BCUT2D eigenvalue weighted by Crippen LogP contribution is 2.29. The summed E-state index contributed by atoms with van der Waals surface area (Å²) in [5, 5.41) is 11.0. The van der Waals surface area contributed by atoms with Crippen molar-refractivity contribution in [2.45, 2.75) is 13.8 Å². The van der Waals surface area contributed by atoms with Crippen LogP contribution in [0.3, 0.4) is 0 Å². The molecule has 0 unspecified atom stereocenters. The van der Waals surface area contributed by atoms with E-state index in [-0.39, 0.29) is 29.4 Å². The molecular formula is C19H17N3O6. The maximum atomic E-state index is 12.9. The first-order valence-electron chi connectivity index (χ1n) is 8.40. The highest BCUT2D eigenvalue weighted by atomic mass is 16.6. The number of pyridine rings is 1. The van der Waals surface area contributed by atoms with E-state index in [1.54, 1.807) is 26.1 Å². The van der Waals surface area contributed by atoms with Crippen molar-refractivity contribution >= 4 is 23.0 Å². The number of nitro groups is 1. The predicted octanol–water partition coefficient (Wildman–Crippen LogP) is 2.97. The number of esters is 1. The Balaban J connectivity index is 2.10. The first-order chi connectivity index (χ1) is 13.4. The number of nitro benzene ring substituents is 1. The second kappa shape index (κ2) is 7.47. The minimum Gasteiger partial charge on any atom is -0.490 e. The first kappa shape index (κ1) is 19.0. The number of rotatable bonds is 6. The molecule has 0 saturated carbocycles. The van der Waals surface area contributed by atoms with E-state index in [9.17, 15) is 19.7 Å². The lowest BCUT2D eigenvalue weighted by Gasteiger charge is -2.09. The van der Waals surface area contributed by atoms with E-state index >= 15 is 0 Å². The van der Waals surface area contributed by atoms with Crippen LogP contribution in [0, 0.1) is 17.0 Å². The number of aromatic nitrogens is 2.